The van der Waals surface area contributed by atoms with Crippen molar-refractivity contribution in [2.75, 3.05) is 27.3 Å². The van der Waals surface area contributed by atoms with Crippen molar-refractivity contribution in [3.05, 3.63) is 59.2 Å². The predicted octanol–water partition coefficient (Wildman–Crippen LogP) is 4.57. The van der Waals surface area contributed by atoms with E-state index in [4.69, 9.17) is 18.4 Å². The molecule has 0 spiro atoms. The minimum absolute atomic E-state index is 0.166. The van der Waals surface area contributed by atoms with Crippen LogP contribution < -0.4 is 9.47 Å². The molecule has 0 aliphatic heterocycles. The third kappa shape index (κ3) is 4.16. The maximum Gasteiger partial charge on any atom is 0.259 e. The summed E-state index contributed by atoms with van der Waals surface area (Å²) in [4.78, 5) is 19.5. The molecule has 32 heavy (non-hydrogen) atoms. The van der Waals surface area contributed by atoms with E-state index in [0.29, 0.717) is 47.0 Å². The molecule has 0 saturated heterocycles. The molecule has 166 valence electrons. The normalized spacial score (nSPS) is 11.0. The van der Waals surface area contributed by atoms with Gasteiger partial charge in [0.05, 0.1) is 36.0 Å². The van der Waals surface area contributed by atoms with E-state index in [0.717, 1.165) is 22.8 Å². The highest BCUT2D eigenvalue weighted by atomic mass is 16.5. The van der Waals surface area contributed by atoms with Crippen LogP contribution in [0.2, 0.25) is 0 Å². The zero-order chi connectivity index (χ0) is 22.8. The average molecular weight is 435 g/mol. The molecule has 3 aromatic heterocycles. The molecule has 8 heteroatoms. The van der Waals surface area contributed by atoms with Crippen LogP contribution in [0.5, 0.6) is 11.5 Å². The summed E-state index contributed by atoms with van der Waals surface area (Å²) in [5.41, 5.74) is 2.84. The van der Waals surface area contributed by atoms with Crippen molar-refractivity contribution in [3.8, 4) is 22.8 Å². The number of ether oxygens (including phenoxy) is 2. The van der Waals surface area contributed by atoms with Gasteiger partial charge in [0.25, 0.3) is 11.6 Å². The monoisotopic (exact) mass is 435 g/mol. The molecule has 1 amide bonds. The summed E-state index contributed by atoms with van der Waals surface area (Å²) in [6.45, 7) is 6.28. The predicted molar refractivity (Wildman–Crippen MR) is 119 cm³/mol. The Morgan fingerprint density at radius 3 is 2.47 bits per heavy atom. The molecule has 0 unspecified atom stereocenters. The Labute approximate surface area is 185 Å². The maximum atomic E-state index is 13.3. The molecule has 0 saturated carbocycles. The fraction of sp³-hybridized carbons (Fsp3) is 0.292. The Bertz CT molecular complexity index is 1260. The van der Waals surface area contributed by atoms with Crippen LogP contribution in [0.4, 0.5) is 0 Å². The molecule has 0 bridgehead atoms. The highest BCUT2D eigenvalue weighted by Crippen LogP contribution is 2.31. The lowest BCUT2D eigenvalue weighted by Gasteiger charge is -2.18. The van der Waals surface area contributed by atoms with E-state index in [2.05, 4.69) is 10.1 Å². The summed E-state index contributed by atoms with van der Waals surface area (Å²) in [7, 11) is 3.35. The lowest BCUT2D eigenvalue weighted by Crippen LogP contribution is -2.31. The largest absolute Gasteiger partial charge is 0.497 e. The van der Waals surface area contributed by atoms with Gasteiger partial charge in [-0.2, -0.15) is 0 Å². The number of rotatable bonds is 7. The Kier molecular flexibility index (Phi) is 5.85. The summed E-state index contributed by atoms with van der Waals surface area (Å²) in [5.74, 6) is 2.80. The van der Waals surface area contributed by atoms with Gasteiger partial charge in [-0.1, -0.05) is 5.16 Å². The van der Waals surface area contributed by atoms with E-state index in [1.54, 1.807) is 32.0 Å². The minimum atomic E-state index is -0.166. The summed E-state index contributed by atoms with van der Waals surface area (Å²) in [6, 6.07) is 11.0. The van der Waals surface area contributed by atoms with Crippen LogP contribution in [0.15, 0.2) is 45.3 Å². The van der Waals surface area contributed by atoms with E-state index in [1.807, 2.05) is 44.2 Å². The van der Waals surface area contributed by atoms with Crippen LogP contribution in [-0.2, 0) is 0 Å². The third-order valence-corrected chi connectivity index (χ3v) is 5.27. The van der Waals surface area contributed by atoms with Crippen molar-refractivity contribution in [3.63, 3.8) is 0 Å². The Hall–Kier alpha value is -3.81. The number of fused-ring (bicyclic) bond motifs is 1. The Balaban J connectivity index is 1.56. The number of pyridine rings is 1. The average Bonchev–Trinajstić information content (AvgIpc) is 3.34. The molecular weight excluding hydrogens is 410 g/mol. The van der Waals surface area contributed by atoms with Crippen molar-refractivity contribution >= 4 is 17.0 Å². The molecule has 4 rings (SSSR count). The van der Waals surface area contributed by atoms with Crippen LogP contribution in [0.3, 0.4) is 0 Å². The fourth-order valence-corrected chi connectivity index (χ4v) is 3.57. The number of nitrogens with zero attached hydrogens (tertiary/aromatic N) is 3. The highest BCUT2D eigenvalue weighted by molar-refractivity contribution is 6.06. The Morgan fingerprint density at radius 2 is 1.81 bits per heavy atom. The number of benzene rings is 1. The second kappa shape index (κ2) is 8.74. The van der Waals surface area contributed by atoms with Gasteiger partial charge < -0.3 is 23.3 Å². The molecule has 0 aliphatic carbocycles. The summed E-state index contributed by atoms with van der Waals surface area (Å²) < 4.78 is 21.9. The van der Waals surface area contributed by atoms with E-state index >= 15 is 0 Å². The minimum Gasteiger partial charge on any atom is -0.497 e. The van der Waals surface area contributed by atoms with Crippen LogP contribution in [0.1, 0.15) is 27.6 Å². The number of hydrogen-bond acceptors (Lipinski definition) is 7. The third-order valence-electron chi connectivity index (χ3n) is 5.27. The number of aromatic nitrogens is 2. The highest BCUT2D eigenvalue weighted by Gasteiger charge is 2.23. The molecular formula is C24H25N3O5. The van der Waals surface area contributed by atoms with E-state index in [-0.39, 0.29) is 5.91 Å². The van der Waals surface area contributed by atoms with Gasteiger partial charge in [0, 0.05) is 12.6 Å². The number of hydrogen-bond donors (Lipinski definition) is 0. The number of furan rings is 1. The molecule has 0 N–H and O–H groups in total. The molecule has 4 aromatic rings. The van der Waals surface area contributed by atoms with E-state index in [9.17, 15) is 4.79 Å². The van der Waals surface area contributed by atoms with Crippen LogP contribution in [0, 0.1) is 20.8 Å². The van der Waals surface area contributed by atoms with Gasteiger partial charge in [0.1, 0.15) is 29.6 Å². The zero-order valence-electron chi connectivity index (χ0n) is 18.8. The van der Waals surface area contributed by atoms with Gasteiger partial charge in [0.2, 0.25) is 0 Å². The second-order valence-corrected chi connectivity index (χ2v) is 7.58. The number of methoxy groups -OCH3 is 1. The van der Waals surface area contributed by atoms with Gasteiger partial charge >= 0.3 is 0 Å². The molecule has 0 fully saturated rings. The quantitative estimate of drug-likeness (QED) is 0.420. The molecule has 8 nitrogen and oxygen atoms in total. The van der Waals surface area contributed by atoms with Crippen molar-refractivity contribution in [2.45, 2.75) is 20.8 Å². The second-order valence-electron chi connectivity index (χ2n) is 7.58. The smallest absolute Gasteiger partial charge is 0.259 e. The standard InChI is InChI=1S/C24H25N3O5/c1-14-12-19(16(3)31-14)21-13-20(22-15(2)26-32-23(22)25-21)24(28)27(4)10-11-30-18-8-6-17(29-5)7-9-18/h6-9,12-13H,10-11H2,1-5H3. The van der Waals surface area contributed by atoms with E-state index < -0.39 is 0 Å². The van der Waals surface area contributed by atoms with Gasteiger partial charge in [-0.25, -0.2) is 4.98 Å². The number of likely N-dealkylation sites (N-methyl/N-ethyl adjacent to an activating group) is 1. The number of carbonyl (C=O) groups is 1. The lowest BCUT2D eigenvalue weighted by atomic mass is 10.0. The maximum absolute atomic E-state index is 13.3. The Morgan fingerprint density at radius 1 is 1.09 bits per heavy atom. The first kappa shape index (κ1) is 21.4. The number of carbonyl (C=O) groups excluding carboxylic acids is 1. The van der Waals surface area contributed by atoms with Crippen LogP contribution in [0.25, 0.3) is 22.4 Å². The lowest BCUT2D eigenvalue weighted by molar-refractivity contribution is 0.0775. The summed E-state index contributed by atoms with van der Waals surface area (Å²) in [6.07, 6.45) is 0. The van der Waals surface area contributed by atoms with Gasteiger partial charge in [-0.3, -0.25) is 4.79 Å². The first-order valence-electron chi connectivity index (χ1n) is 10.2. The first-order valence-corrected chi connectivity index (χ1v) is 10.2. The van der Waals surface area contributed by atoms with Crippen molar-refractivity contribution in [1.82, 2.24) is 15.0 Å². The van der Waals surface area contributed by atoms with Gasteiger partial charge in [-0.05, 0) is 57.2 Å². The van der Waals surface area contributed by atoms with Crippen molar-refractivity contribution < 1.29 is 23.2 Å². The molecule has 0 atom stereocenters. The van der Waals surface area contributed by atoms with Crippen molar-refractivity contribution in [1.29, 1.82) is 0 Å². The molecule has 1 aromatic carbocycles. The zero-order valence-corrected chi connectivity index (χ0v) is 18.8. The van der Waals surface area contributed by atoms with Crippen molar-refractivity contribution in [2.24, 2.45) is 0 Å². The first-order chi connectivity index (χ1) is 15.4. The fourth-order valence-electron chi connectivity index (χ4n) is 3.57. The van der Waals surface area contributed by atoms with Crippen LogP contribution in [-0.4, -0.2) is 48.3 Å². The van der Waals surface area contributed by atoms with Crippen LogP contribution >= 0.6 is 0 Å². The topological polar surface area (TPSA) is 90.8 Å². The SMILES string of the molecule is COc1ccc(OCCN(C)C(=O)c2cc(-c3cc(C)oc3C)nc3onc(C)c23)cc1. The molecule has 0 radical (unpaired) electrons. The summed E-state index contributed by atoms with van der Waals surface area (Å²) >= 11 is 0. The van der Waals surface area contributed by atoms with E-state index in [1.165, 1.54) is 0 Å². The number of amides is 1. The molecule has 3 heterocycles. The summed E-state index contributed by atoms with van der Waals surface area (Å²) in [5, 5.41) is 4.62. The number of aryl methyl sites for hydroxylation is 3. The van der Waals surface area contributed by atoms with Gasteiger partial charge in [0.15, 0.2) is 0 Å². The molecule has 0 aliphatic rings. The van der Waals surface area contributed by atoms with Gasteiger partial charge in [-0.15, -0.1) is 0 Å².